The van der Waals surface area contributed by atoms with Gasteiger partial charge in [0.15, 0.2) is 5.76 Å². The van der Waals surface area contributed by atoms with E-state index in [4.69, 9.17) is 9.15 Å². The number of ether oxygens (including phenoxy) is 1. The lowest BCUT2D eigenvalue weighted by atomic mass is 10.2. The molecule has 3 heterocycles. The van der Waals surface area contributed by atoms with Crippen LogP contribution in [0.5, 0.6) is 5.75 Å². The van der Waals surface area contributed by atoms with Crippen molar-refractivity contribution in [2.45, 2.75) is 23.8 Å². The molecule has 32 heavy (non-hydrogen) atoms. The number of anilines is 1. The smallest absolute Gasteiger partial charge is 0.247 e. The quantitative estimate of drug-likeness (QED) is 0.408. The molecule has 0 saturated carbocycles. The molecule has 2 aromatic heterocycles. The Labute approximate surface area is 187 Å². The highest BCUT2D eigenvalue weighted by atomic mass is 32.2. The molecule has 1 atom stereocenters. The van der Waals surface area contributed by atoms with Crippen molar-refractivity contribution in [3.8, 4) is 17.2 Å². The Balaban J connectivity index is 1.35. The number of fused-ring (bicyclic) bond motifs is 1. The Hall–Kier alpha value is -3.72. The number of thioether (sulfide) groups is 1. The van der Waals surface area contributed by atoms with Crippen molar-refractivity contribution in [1.82, 2.24) is 15.2 Å². The van der Waals surface area contributed by atoms with Crippen LogP contribution in [0.15, 0.2) is 70.4 Å². The van der Waals surface area contributed by atoms with E-state index in [1.807, 2.05) is 37.3 Å². The first-order chi connectivity index (χ1) is 15.6. The first-order valence-corrected chi connectivity index (χ1v) is 11.0. The Morgan fingerprint density at radius 2 is 1.97 bits per heavy atom. The molecular formula is C23H18N4O4S. The van der Waals surface area contributed by atoms with Gasteiger partial charge in [-0.15, -0.1) is 5.10 Å². The topological polar surface area (TPSA) is 98.4 Å². The molecule has 0 bridgehead atoms. The van der Waals surface area contributed by atoms with Gasteiger partial charge in [0.1, 0.15) is 22.3 Å². The number of hydrogen-bond donors (Lipinski definition) is 0. The molecule has 8 nitrogen and oxygen atoms in total. The van der Waals surface area contributed by atoms with Crippen LogP contribution in [0.2, 0.25) is 0 Å². The molecule has 1 aliphatic heterocycles. The fraction of sp³-hybridized carbons (Fsp3) is 0.174. The summed E-state index contributed by atoms with van der Waals surface area (Å²) in [7, 11) is 0. The first-order valence-electron chi connectivity index (χ1n) is 10.1. The molecule has 1 fully saturated rings. The zero-order valence-electron chi connectivity index (χ0n) is 17.1. The minimum Gasteiger partial charge on any atom is -0.494 e. The van der Waals surface area contributed by atoms with E-state index in [0.717, 1.165) is 22.7 Å². The summed E-state index contributed by atoms with van der Waals surface area (Å²) in [6.45, 7) is 2.43. The monoisotopic (exact) mass is 446 g/mol. The van der Waals surface area contributed by atoms with E-state index in [2.05, 4.69) is 15.2 Å². The number of hydrogen-bond acceptors (Lipinski definition) is 8. The van der Waals surface area contributed by atoms with Gasteiger partial charge in [-0.3, -0.25) is 9.59 Å². The summed E-state index contributed by atoms with van der Waals surface area (Å²) in [5, 5.41) is 8.68. The average Bonchev–Trinajstić information content (AvgIpc) is 3.36. The van der Waals surface area contributed by atoms with Gasteiger partial charge in [0.05, 0.1) is 18.5 Å². The number of rotatable bonds is 6. The molecule has 1 saturated heterocycles. The molecule has 2 aromatic carbocycles. The van der Waals surface area contributed by atoms with Crippen LogP contribution in [0.25, 0.3) is 22.4 Å². The van der Waals surface area contributed by atoms with Crippen molar-refractivity contribution < 1.29 is 18.7 Å². The number of aromatic nitrogens is 3. The molecule has 1 aliphatic rings. The van der Waals surface area contributed by atoms with Crippen molar-refractivity contribution >= 4 is 40.2 Å². The second-order valence-electron chi connectivity index (χ2n) is 7.08. The van der Waals surface area contributed by atoms with E-state index in [9.17, 15) is 9.59 Å². The van der Waals surface area contributed by atoms with Gasteiger partial charge in [0, 0.05) is 11.8 Å². The molecule has 1 unspecified atom stereocenters. The van der Waals surface area contributed by atoms with Gasteiger partial charge < -0.3 is 9.15 Å². The Bertz CT molecular complexity index is 1270. The molecule has 4 aromatic rings. The molecule has 5 rings (SSSR count). The van der Waals surface area contributed by atoms with Crippen molar-refractivity contribution in [2.75, 3.05) is 11.5 Å². The number of para-hydroxylation sites is 1. The molecule has 0 aliphatic carbocycles. The summed E-state index contributed by atoms with van der Waals surface area (Å²) in [4.78, 5) is 31.2. The lowest BCUT2D eigenvalue weighted by molar-refractivity contribution is -0.121. The van der Waals surface area contributed by atoms with Crippen LogP contribution in [0.1, 0.15) is 13.3 Å². The molecule has 2 amide bonds. The number of benzene rings is 2. The van der Waals surface area contributed by atoms with Gasteiger partial charge in [-0.2, -0.15) is 5.10 Å². The van der Waals surface area contributed by atoms with Gasteiger partial charge in [0.25, 0.3) is 0 Å². The van der Waals surface area contributed by atoms with Crippen LogP contribution < -0.4 is 9.64 Å². The van der Waals surface area contributed by atoms with Crippen LogP contribution in [0.3, 0.4) is 0 Å². The summed E-state index contributed by atoms with van der Waals surface area (Å²) < 4.78 is 11.3. The molecule has 9 heteroatoms. The van der Waals surface area contributed by atoms with Crippen molar-refractivity contribution in [1.29, 1.82) is 0 Å². The minimum atomic E-state index is -0.623. The van der Waals surface area contributed by atoms with E-state index in [1.165, 1.54) is 11.1 Å². The predicted octanol–water partition coefficient (Wildman–Crippen LogP) is 4.11. The van der Waals surface area contributed by atoms with Gasteiger partial charge in [0.2, 0.25) is 17.0 Å². The molecular weight excluding hydrogens is 428 g/mol. The predicted molar refractivity (Wildman–Crippen MR) is 119 cm³/mol. The number of furan rings is 1. The van der Waals surface area contributed by atoms with Crippen LogP contribution in [0.4, 0.5) is 5.69 Å². The number of carbonyl (C=O) groups is 2. The summed E-state index contributed by atoms with van der Waals surface area (Å²) in [6.07, 6.45) is 1.57. The average molecular weight is 446 g/mol. The number of imide groups is 1. The maximum Gasteiger partial charge on any atom is 0.247 e. The molecule has 0 spiro atoms. The zero-order valence-corrected chi connectivity index (χ0v) is 17.9. The normalized spacial score (nSPS) is 16.2. The van der Waals surface area contributed by atoms with E-state index in [0.29, 0.717) is 34.7 Å². The molecule has 0 radical (unpaired) electrons. The SMILES string of the molecule is CCOc1ccc(N2C(=O)CC(Sc3nncc(-c4cc5ccccc5o4)n3)C2=O)cc1. The first kappa shape index (κ1) is 20.2. The van der Waals surface area contributed by atoms with E-state index in [-0.39, 0.29) is 18.2 Å². The van der Waals surface area contributed by atoms with Crippen LogP contribution >= 0.6 is 11.8 Å². The van der Waals surface area contributed by atoms with Gasteiger partial charge in [-0.1, -0.05) is 30.0 Å². The number of amides is 2. The Kier molecular flexibility index (Phi) is 5.32. The molecule has 0 N–H and O–H groups in total. The van der Waals surface area contributed by atoms with Crippen molar-refractivity contribution in [3.05, 3.63) is 60.8 Å². The number of nitrogens with zero attached hydrogens (tertiary/aromatic N) is 4. The van der Waals surface area contributed by atoms with Crippen molar-refractivity contribution in [3.63, 3.8) is 0 Å². The van der Waals surface area contributed by atoms with Crippen LogP contribution in [0, 0.1) is 0 Å². The highest BCUT2D eigenvalue weighted by Gasteiger charge is 2.40. The van der Waals surface area contributed by atoms with Gasteiger partial charge >= 0.3 is 0 Å². The third kappa shape index (κ3) is 3.82. The third-order valence-electron chi connectivity index (χ3n) is 4.98. The largest absolute Gasteiger partial charge is 0.494 e. The highest BCUT2D eigenvalue weighted by Crippen LogP contribution is 2.34. The van der Waals surface area contributed by atoms with E-state index >= 15 is 0 Å². The van der Waals surface area contributed by atoms with Crippen LogP contribution in [-0.4, -0.2) is 38.9 Å². The lowest BCUT2D eigenvalue weighted by Gasteiger charge is -2.15. The fourth-order valence-corrected chi connectivity index (χ4v) is 4.45. The maximum atomic E-state index is 13.0. The van der Waals surface area contributed by atoms with E-state index < -0.39 is 5.25 Å². The highest BCUT2D eigenvalue weighted by molar-refractivity contribution is 8.00. The lowest BCUT2D eigenvalue weighted by Crippen LogP contribution is -2.31. The zero-order chi connectivity index (χ0) is 22.1. The van der Waals surface area contributed by atoms with Crippen LogP contribution in [-0.2, 0) is 9.59 Å². The molecule has 160 valence electrons. The van der Waals surface area contributed by atoms with Gasteiger partial charge in [-0.05, 0) is 43.3 Å². The van der Waals surface area contributed by atoms with Gasteiger partial charge in [-0.25, -0.2) is 9.88 Å². The second kappa shape index (κ2) is 8.43. The standard InChI is InChI=1S/C23H18N4O4S/c1-2-30-16-9-7-15(8-10-16)27-21(28)12-20(22(27)29)32-23-25-17(13-24-26-23)19-11-14-5-3-4-6-18(14)31-19/h3-11,13,20H,2,12H2,1H3. The summed E-state index contributed by atoms with van der Waals surface area (Å²) >= 11 is 1.13. The van der Waals surface area contributed by atoms with Crippen molar-refractivity contribution in [2.24, 2.45) is 0 Å². The Morgan fingerprint density at radius 3 is 2.75 bits per heavy atom. The number of carbonyl (C=O) groups excluding carboxylic acids is 2. The fourth-order valence-electron chi connectivity index (χ4n) is 3.52. The summed E-state index contributed by atoms with van der Waals surface area (Å²) in [5.41, 5.74) is 1.78. The van der Waals surface area contributed by atoms with E-state index in [1.54, 1.807) is 24.3 Å². The third-order valence-corrected chi connectivity index (χ3v) is 6.01. The second-order valence-corrected chi connectivity index (χ2v) is 8.25. The Morgan fingerprint density at radius 1 is 1.16 bits per heavy atom. The summed E-state index contributed by atoms with van der Waals surface area (Å²) in [6, 6.07) is 16.4. The minimum absolute atomic E-state index is 0.0644. The maximum absolute atomic E-state index is 13.0. The summed E-state index contributed by atoms with van der Waals surface area (Å²) in [5.74, 6) is 0.677.